The molecule has 56 valence electrons. The van der Waals surface area contributed by atoms with E-state index in [-0.39, 0.29) is 12.4 Å². The first-order valence-corrected chi connectivity index (χ1v) is 3.79. The summed E-state index contributed by atoms with van der Waals surface area (Å²) < 4.78 is 1.12. The number of aryl methyl sites for hydroxylation is 1. The third-order valence-corrected chi connectivity index (χ3v) is 2.13. The van der Waals surface area contributed by atoms with E-state index >= 15 is 0 Å². The maximum atomic E-state index is 5.61. The highest BCUT2D eigenvalue weighted by atomic mass is 127. The highest BCUT2D eigenvalue weighted by molar-refractivity contribution is 14.1. The first-order chi connectivity index (χ1) is 4.20. The van der Waals surface area contributed by atoms with Gasteiger partial charge in [-0.05, 0) is 47.2 Å². The Morgan fingerprint density at radius 3 is 2.40 bits per heavy atom. The molecule has 10 heavy (non-hydrogen) atoms. The van der Waals surface area contributed by atoms with E-state index in [4.69, 9.17) is 5.73 Å². The van der Waals surface area contributed by atoms with Gasteiger partial charge in [0.15, 0.2) is 0 Å². The SMILES string of the molecule is Cc1ccc(I)c(N)c1.Cl. The molecule has 0 radical (unpaired) electrons. The summed E-state index contributed by atoms with van der Waals surface area (Å²) >= 11 is 2.22. The second kappa shape index (κ2) is 4.03. The molecule has 0 aliphatic heterocycles. The zero-order valence-electron chi connectivity index (χ0n) is 5.60. The average molecular weight is 270 g/mol. The lowest BCUT2D eigenvalue weighted by atomic mass is 10.2. The van der Waals surface area contributed by atoms with Gasteiger partial charge < -0.3 is 5.73 Å². The Morgan fingerprint density at radius 1 is 1.40 bits per heavy atom. The minimum atomic E-state index is 0. The fraction of sp³-hybridized carbons (Fsp3) is 0.143. The number of rotatable bonds is 0. The predicted octanol–water partition coefficient (Wildman–Crippen LogP) is 2.60. The lowest BCUT2D eigenvalue weighted by molar-refractivity contribution is 1.46. The molecular weight excluding hydrogens is 260 g/mol. The van der Waals surface area contributed by atoms with E-state index in [1.807, 2.05) is 19.1 Å². The Hall–Kier alpha value is 0.0400. The van der Waals surface area contributed by atoms with E-state index in [1.54, 1.807) is 0 Å². The normalized spacial score (nSPS) is 8.60. The summed E-state index contributed by atoms with van der Waals surface area (Å²) in [4.78, 5) is 0. The number of anilines is 1. The van der Waals surface area contributed by atoms with Crippen LogP contribution in [0, 0.1) is 10.5 Å². The third-order valence-electron chi connectivity index (χ3n) is 1.15. The van der Waals surface area contributed by atoms with Crippen LogP contribution in [0.5, 0.6) is 0 Å². The van der Waals surface area contributed by atoms with Gasteiger partial charge in [-0.1, -0.05) is 6.07 Å². The van der Waals surface area contributed by atoms with Crippen LogP contribution in [0.1, 0.15) is 5.56 Å². The van der Waals surface area contributed by atoms with Crippen LogP contribution in [0.25, 0.3) is 0 Å². The van der Waals surface area contributed by atoms with E-state index in [0.29, 0.717) is 0 Å². The summed E-state index contributed by atoms with van der Waals surface area (Å²) in [5.41, 5.74) is 7.70. The second-order valence-corrected chi connectivity index (χ2v) is 3.19. The van der Waals surface area contributed by atoms with E-state index < -0.39 is 0 Å². The summed E-state index contributed by atoms with van der Waals surface area (Å²) in [5.74, 6) is 0. The van der Waals surface area contributed by atoms with Gasteiger partial charge in [-0.3, -0.25) is 0 Å². The Bertz CT molecular complexity index is 225. The summed E-state index contributed by atoms with van der Waals surface area (Å²) in [7, 11) is 0. The van der Waals surface area contributed by atoms with Gasteiger partial charge >= 0.3 is 0 Å². The van der Waals surface area contributed by atoms with Crippen molar-refractivity contribution >= 4 is 40.7 Å². The number of hydrogen-bond acceptors (Lipinski definition) is 1. The van der Waals surface area contributed by atoms with Gasteiger partial charge in [0, 0.05) is 9.26 Å². The molecular formula is C7H9ClIN. The molecule has 0 saturated carbocycles. The second-order valence-electron chi connectivity index (χ2n) is 2.02. The van der Waals surface area contributed by atoms with Crippen LogP contribution in [0.2, 0.25) is 0 Å². The van der Waals surface area contributed by atoms with Gasteiger partial charge in [0.2, 0.25) is 0 Å². The zero-order chi connectivity index (χ0) is 6.85. The molecule has 1 aromatic rings. The molecule has 0 atom stereocenters. The molecule has 0 fully saturated rings. The van der Waals surface area contributed by atoms with Crippen molar-refractivity contribution < 1.29 is 0 Å². The lowest BCUT2D eigenvalue weighted by Crippen LogP contribution is -1.88. The number of benzene rings is 1. The number of hydrogen-bond donors (Lipinski definition) is 1. The molecule has 1 nitrogen and oxygen atoms in total. The van der Waals surface area contributed by atoms with Gasteiger partial charge in [0.05, 0.1) is 0 Å². The topological polar surface area (TPSA) is 26.0 Å². The standard InChI is InChI=1S/C7H8IN.ClH/c1-5-2-3-6(8)7(9)4-5;/h2-4H,9H2,1H3;1H. The van der Waals surface area contributed by atoms with Crippen molar-refractivity contribution in [3.63, 3.8) is 0 Å². The number of nitrogens with two attached hydrogens (primary N) is 1. The van der Waals surface area contributed by atoms with Gasteiger partial charge in [-0.25, -0.2) is 0 Å². The quantitative estimate of drug-likeness (QED) is 0.569. The molecule has 1 aromatic carbocycles. The molecule has 0 saturated heterocycles. The van der Waals surface area contributed by atoms with Gasteiger partial charge in [-0.2, -0.15) is 0 Å². The lowest BCUT2D eigenvalue weighted by Gasteiger charge is -1.96. The van der Waals surface area contributed by atoms with Crippen molar-refractivity contribution in [3.8, 4) is 0 Å². The van der Waals surface area contributed by atoms with E-state index in [0.717, 1.165) is 9.26 Å². The Morgan fingerprint density at radius 2 is 2.00 bits per heavy atom. The molecule has 0 heterocycles. The Kier molecular flexibility index (Phi) is 4.05. The average Bonchev–Trinajstić information content (AvgIpc) is 1.80. The predicted molar refractivity (Wildman–Crippen MR) is 55.6 cm³/mol. The van der Waals surface area contributed by atoms with Crippen LogP contribution >= 0.6 is 35.0 Å². The highest BCUT2D eigenvalue weighted by Crippen LogP contribution is 2.14. The van der Waals surface area contributed by atoms with E-state index in [9.17, 15) is 0 Å². The number of nitrogen functional groups attached to an aromatic ring is 1. The summed E-state index contributed by atoms with van der Waals surface area (Å²) in [5, 5.41) is 0. The molecule has 0 aromatic heterocycles. The summed E-state index contributed by atoms with van der Waals surface area (Å²) in [6, 6.07) is 6.05. The Balaban J connectivity index is 0.000000810. The number of halogens is 2. The third kappa shape index (κ3) is 2.34. The highest BCUT2D eigenvalue weighted by Gasteiger charge is 1.91. The molecule has 0 aliphatic carbocycles. The molecule has 0 unspecified atom stereocenters. The van der Waals surface area contributed by atoms with E-state index in [2.05, 4.69) is 28.7 Å². The molecule has 3 heteroatoms. The fourth-order valence-corrected chi connectivity index (χ4v) is 0.999. The fourth-order valence-electron chi connectivity index (χ4n) is 0.663. The van der Waals surface area contributed by atoms with Crippen LogP contribution in [-0.2, 0) is 0 Å². The van der Waals surface area contributed by atoms with Crippen LogP contribution in [-0.4, -0.2) is 0 Å². The zero-order valence-corrected chi connectivity index (χ0v) is 8.57. The summed E-state index contributed by atoms with van der Waals surface area (Å²) in [6.45, 7) is 2.03. The largest absolute Gasteiger partial charge is 0.398 e. The molecule has 0 amide bonds. The molecule has 1 rings (SSSR count). The minimum Gasteiger partial charge on any atom is -0.398 e. The first-order valence-electron chi connectivity index (χ1n) is 2.72. The smallest absolute Gasteiger partial charge is 0.0452 e. The maximum absolute atomic E-state index is 5.61. The van der Waals surface area contributed by atoms with Crippen LogP contribution in [0.3, 0.4) is 0 Å². The Labute approximate surface area is 80.6 Å². The minimum absolute atomic E-state index is 0. The molecule has 0 aliphatic rings. The van der Waals surface area contributed by atoms with Crippen molar-refractivity contribution in [1.82, 2.24) is 0 Å². The van der Waals surface area contributed by atoms with Crippen molar-refractivity contribution in [1.29, 1.82) is 0 Å². The van der Waals surface area contributed by atoms with Crippen LogP contribution in [0.4, 0.5) is 5.69 Å². The van der Waals surface area contributed by atoms with Gasteiger partial charge in [0.25, 0.3) is 0 Å². The van der Waals surface area contributed by atoms with Gasteiger partial charge in [0.1, 0.15) is 0 Å². The molecule has 0 bridgehead atoms. The van der Waals surface area contributed by atoms with Crippen LogP contribution in [0.15, 0.2) is 18.2 Å². The monoisotopic (exact) mass is 269 g/mol. The van der Waals surface area contributed by atoms with Crippen molar-refractivity contribution in [2.45, 2.75) is 6.92 Å². The maximum Gasteiger partial charge on any atom is 0.0452 e. The van der Waals surface area contributed by atoms with Gasteiger partial charge in [-0.15, -0.1) is 12.4 Å². The van der Waals surface area contributed by atoms with Crippen molar-refractivity contribution in [3.05, 3.63) is 27.3 Å². The molecule has 0 spiro atoms. The van der Waals surface area contributed by atoms with E-state index in [1.165, 1.54) is 5.56 Å². The van der Waals surface area contributed by atoms with Crippen LogP contribution < -0.4 is 5.73 Å². The first kappa shape index (κ1) is 10.0. The van der Waals surface area contributed by atoms with Crippen molar-refractivity contribution in [2.24, 2.45) is 0 Å². The molecule has 2 N–H and O–H groups in total. The van der Waals surface area contributed by atoms with Crippen molar-refractivity contribution in [2.75, 3.05) is 5.73 Å². The summed E-state index contributed by atoms with van der Waals surface area (Å²) in [6.07, 6.45) is 0.